The van der Waals surface area contributed by atoms with Crippen LogP contribution in [0.25, 0.3) is 5.69 Å². The topological polar surface area (TPSA) is 46.9 Å². The van der Waals surface area contributed by atoms with Crippen LogP contribution in [-0.2, 0) is 11.3 Å². The number of nitrogens with zero attached hydrogens (tertiary/aromatic N) is 2. The highest BCUT2D eigenvalue weighted by Gasteiger charge is 2.13. The Morgan fingerprint density at radius 1 is 1.40 bits per heavy atom. The Hall–Kier alpha value is -2.36. The van der Waals surface area contributed by atoms with E-state index in [0.717, 1.165) is 16.9 Å². The van der Waals surface area contributed by atoms with Crippen LogP contribution in [0.4, 0.5) is 0 Å². The number of hydrogen-bond donors (Lipinski definition) is 1. The average Bonchev–Trinajstić information content (AvgIpc) is 2.90. The number of benzene rings is 1. The van der Waals surface area contributed by atoms with E-state index in [-0.39, 0.29) is 5.91 Å². The summed E-state index contributed by atoms with van der Waals surface area (Å²) in [5, 5.41) is 7.42. The molecular formula is C16H19N3O. The van der Waals surface area contributed by atoms with E-state index in [9.17, 15) is 4.79 Å². The summed E-state index contributed by atoms with van der Waals surface area (Å²) < 4.78 is 1.85. The molecule has 0 aliphatic carbocycles. The normalized spacial score (nSPS) is 10.6. The van der Waals surface area contributed by atoms with E-state index < -0.39 is 0 Å². The van der Waals surface area contributed by atoms with Gasteiger partial charge in [-0.2, -0.15) is 5.10 Å². The first-order chi connectivity index (χ1) is 9.61. The van der Waals surface area contributed by atoms with Crippen LogP contribution in [0.2, 0.25) is 0 Å². The van der Waals surface area contributed by atoms with Crippen LogP contribution in [-0.4, -0.2) is 15.7 Å². The summed E-state index contributed by atoms with van der Waals surface area (Å²) >= 11 is 0. The molecular weight excluding hydrogens is 250 g/mol. The zero-order valence-electron chi connectivity index (χ0n) is 11.8. The molecule has 0 saturated carbocycles. The summed E-state index contributed by atoms with van der Waals surface area (Å²) in [5.74, 6) is 0.128. The molecule has 4 nitrogen and oxygen atoms in total. The van der Waals surface area contributed by atoms with E-state index in [0.29, 0.717) is 12.5 Å². The van der Waals surface area contributed by atoms with Crippen molar-refractivity contribution in [1.29, 1.82) is 0 Å². The van der Waals surface area contributed by atoms with Gasteiger partial charge in [0.2, 0.25) is 5.91 Å². The molecule has 1 aromatic carbocycles. The van der Waals surface area contributed by atoms with E-state index in [4.69, 9.17) is 0 Å². The first kappa shape index (κ1) is 14.1. The third-order valence-electron chi connectivity index (χ3n) is 3.03. The fourth-order valence-corrected chi connectivity index (χ4v) is 2.01. The summed E-state index contributed by atoms with van der Waals surface area (Å²) in [6.45, 7) is 8.10. The summed E-state index contributed by atoms with van der Waals surface area (Å²) in [5.41, 5.74) is 3.04. The lowest BCUT2D eigenvalue weighted by atomic mass is 10.1. The number of carbonyl (C=O) groups excluding carboxylic acids is 1. The number of hydrogen-bond acceptors (Lipinski definition) is 2. The van der Waals surface area contributed by atoms with Crippen LogP contribution in [0.5, 0.6) is 0 Å². The Morgan fingerprint density at radius 2 is 2.10 bits per heavy atom. The summed E-state index contributed by atoms with van der Waals surface area (Å²) in [6.07, 6.45) is 3.24. The summed E-state index contributed by atoms with van der Waals surface area (Å²) in [4.78, 5) is 11.3. The van der Waals surface area contributed by atoms with Crippen molar-refractivity contribution < 1.29 is 4.79 Å². The zero-order valence-corrected chi connectivity index (χ0v) is 11.8. The molecule has 1 N–H and O–H groups in total. The lowest BCUT2D eigenvalue weighted by Gasteiger charge is -2.05. The third kappa shape index (κ3) is 3.15. The van der Waals surface area contributed by atoms with Gasteiger partial charge in [-0.05, 0) is 24.1 Å². The van der Waals surface area contributed by atoms with Gasteiger partial charge in [-0.15, -0.1) is 0 Å². The molecule has 1 heterocycles. The molecule has 4 heteroatoms. The number of aromatic nitrogens is 2. The molecule has 0 fully saturated rings. The predicted octanol–water partition coefficient (Wildman–Crippen LogP) is 2.80. The molecule has 2 aromatic rings. The van der Waals surface area contributed by atoms with E-state index in [2.05, 4.69) is 30.8 Å². The van der Waals surface area contributed by atoms with Gasteiger partial charge in [0.25, 0.3) is 0 Å². The Balaban J connectivity index is 2.29. The number of rotatable bonds is 5. The van der Waals surface area contributed by atoms with Crippen LogP contribution in [0.3, 0.4) is 0 Å². The van der Waals surface area contributed by atoms with Crippen molar-refractivity contribution in [3.63, 3.8) is 0 Å². The molecule has 2 rings (SSSR count). The van der Waals surface area contributed by atoms with Crippen molar-refractivity contribution in [3.8, 4) is 5.69 Å². The van der Waals surface area contributed by atoms with Crippen LogP contribution in [0.15, 0.2) is 49.2 Å². The molecule has 20 heavy (non-hydrogen) atoms. The van der Waals surface area contributed by atoms with Gasteiger partial charge in [-0.1, -0.05) is 38.6 Å². The van der Waals surface area contributed by atoms with E-state index >= 15 is 0 Å². The third-order valence-corrected chi connectivity index (χ3v) is 3.03. The van der Waals surface area contributed by atoms with E-state index in [1.54, 1.807) is 0 Å². The SMILES string of the molecule is C=CC(=O)NCc1cn(-c2ccccc2)nc1C(C)C. The molecule has 0 atom stereocenters. The second-order valence-corrected chi connectivity index (χ2v) is 4.90. The van der Waals surface area contributed by atoms with Crippen LogP contribution in [0, 0.1) is 0 Å². The van der Waals surface area contributed by atoms with Crippen molar-refractivity contribution >= 4 is 5.91 Å². The molecule has 0 saturated heterocycles. The Bertz CT molecular complexity index is 599. The van der Waals surface area contributed by atoms with Gasteiger partial charge in [0.15, 0.2) is 0 Å². The number of nitrogens with one attached hydrogen (secondary N) is 1. The molecule has 0 bridgehead atoms. The maximum Gasteiger partial charge on any atom is 0.243 e. The van der Waals surface area contributed by atoms with Gasteiger partial charge in [-0.25, -0.2) is 4.68 Å². The minimum absolute atomic E-state index is 0.174. The first-order valence-electron chi connectivity index (χ1n) is 6.66. The van der Waals surface area contributed by atoms with Gasteiger partial charge >= 0.3 is 0 Å². The average molecular weight is 269 g/mol. The van der Waals surface area contributed by atoms with Gasteiger partial charge in [0.1, 0.15) is 0 Å². The predicted molar refractivity (Wildman–Crippen MR) is 79.7 cm³/mol. The van der Waals surface area contributed by atoms with Crippen LogP contribution >= 0.6 is 0 Å². The Morgan fingerprint density at radius 3 is 2.70 bits per heavy atom. The Kier molecular flexibility index (Phi) is 4.35. The van der Waals surface area contributed by atoms with Crippen LogP contribution in [0.1, 0.15) is 31.0 Å². The van der Waals surface area contributed by atoms with Crippen molar-refractivity contribution in [2.45, 2.75) is 26.3 Å². The minimum atomic E-state index is -0.174. The summed E-state index contributed by atoms with van der Waals surface area (Å²) in [6, 6.07) is 9.93. The van der Waals surface area contributed by atoms with E-state index in [1.165, 1.54) is 6.08 Å². The van der Waals surface area contributed by atoms with Gasteiger partial charge in [-0.3, -0.25) is 4.79 Å². The lowest BCUT2D eigenvalue weighted by molar-refractivity contribution is -0.116. The molecule has 0 unspecified atom stereocenters. The molecule has 0 aliphatic heterocycles. The molecule has 0 radical (unpaired) electrons. The molecule has 0 aliphatic rings. The van der Waals surface area contributed by atoms with Crippen LogP contribution < -0.4 is 5.32 Å². The zero-order chi connectivity index (χ0) is 14.5. The monoisotopic (exact) mass is 269 g/mol. The number of carbonyl (C=O) groups is 1. The van der Waals surface area contributed by atoms with Crippen molar-refractivity contribution in [1.82, 2.24) is 15.1 Å². The largest absolute Gasteiger partial charge is 0.348 e. The fraction of sp³-hybridized carbons (Fsp3) is 0.250. The maximum absolute atomic E-state index is 11.3. The first-order valence-corrected chi connectivity index (χ1v) is 6.66. The Labute approximate surface area is 119 Å². The maximum atomic E-state index is 11.3. The highest BCUT2D eigenvalue weighted by atomic mass is 16.1. The molecule has 1 amide bonds. The quantitative estimate of drug-likeness (QED) is 0.848. The van der Waals surface area contributed by atoms with Gasteiger partial charge in [0, 0.05) is 18.3 Å². The van der Waals surface area contributed by atoms with Gasteiger partial charge in [0.05, 0.1) is 11.4 Å². The highest BCUT2D eigenvalue weighted by molar-refractivity contribution is 5.86. The second-order valence-electron chi connectivity index (χ2n) is 4.90. The number of para-hydroxylation sites is 1. The standard InChI is InChI=1S/C16H19N3O/c1-4-15(20)17-10-13-11-19(18-16(13)12(2)3)14-8-6-5-7-9-14/h4-9,11-12H,1,10H2,2-3H3,(H,17,20). The second kappa shape index (κ2) is 6.19. The minimum Gasteiger partial charge on any atom is -0.348 e. The van der Waals surface area contributed by atoms with E-state index in [1.807, 2.05) is 41.2 Å². The molecule has 1 aromatic heterocycles. The number of amides is 1. The molecule has 0 spiro atoms. The van der Waals surface area contributed by atoms with Gasteiger partial charge < -0.3 is 5.32 Å². The smallest absolute Gasteiger partial charge is 0.243 e. The van der Waals surface area contributed by atoms with Crippen molar-refractivity contribution in [2.75, 3.05) is 0 Å². The molecule has 104 valence electrons. The summed E-state index contributed by atoms with van der Waals surface area (Å²) in [7, 11) is 0. The van der Waals surface area contributed by atoms with Crippen molar-refractivity contribution in [3.05, 3.63) is 60.4 Å². The van der Waals surface area contributed by atoms with Crippen molar-refractivity contribution in [2.24, 2.45) is 0 Å². The highest BCUT2D eigenvalue weighted by Crippen LogP contribution is 2.19. The fourth-order valence-electron chi connectivity index (χ4n) is 2.01. The lowest BCUT2D eigenvalue weighted by Crippen LogP contribution is -2.20.